The third-order valence-corrected chi connectivity index (χ3v) is 3.28. The van der Waals surface area contributed by atoms with Crippen LogP contribution in [0.1, 0.15) is 29.8 Å². The predicted molar refractivity (Wildman–Crippen MR) is 78.2 cm³/mol. The number of methoxy groups -OCH3 is 1. The largest absolute Gasteiger partial charge is 0.481 e. The summed E-state index contributed by atoms with van der Waals surface area (Å²) in [7, 11) is 1.60. The summed E-state index contributed by atoms with van der Waals surface area (Å²) in [5.74, 6) is 6.26. The van der Waals surface area contributed by atoms with Crippen molar-refractivity contribution >= 4 is 0 Å². The summed E-state index contributed by atoms with van der Waals surface area (Å²) >= 11 is 0. The van der Waals surface area contributed by atoms with Gasteiger partial charge in [-0.3, -0.25) is 16.3 Å². The van der Waals surface area contributed by atoms with Gasteiger partial charge < -0.3 is 4.74 Å². The molecule has 0 aromatic carbocycles. The number of nitrogens with zero attached hydrogens (tertiary/aromatic N) is 2. The summed E-state index contributed by atoms with van der Waals surface area (Å²) in [6.07, 6.45) is 5.28. The van der Waals surface area contributed by atoms with Crippen LogP contribution in [0.2, 0.25) is 0 Å². The molecule has 1 unspecified atom stereocenters. The van der Waals surface area contributed by atoms with Crippen LogP contribution in [0.4, 0.5) is 0 Å². The number of pyridine rings is 2. The molecule has 0 radical (unpaired) electrons. The highest BCUT2D eigenvalue weighted by atomic mass is 16.5. The molecule has 5 heteroatoms. The van der Waals surface area contributed by atoms with Gasteiger partial charge in [-0.1, -0.05) is 19.1 Å². The van der Waals surface area contributed by atoms with Crippen molar-refractivity contribution in [3.8, 4) is 5.88 Å². The van der Waals surface area contributed by atoms with Gasteiger partial charge in [0.25, 0.3) is 0 Å². The van der Waals surface area contributed by atoms with Crippen LogP contribution in [-0.4, -0.2) is 17.1 Å². The Kier molecular flexibility index (Phi) is 5.03. The fourth-order valence-corrected chi connectivity index (χ4v) is 2.09. The SMILES string of the molecule is CCc1ccc(CC(NN)c2cccnc2OC)nc1. The zero-order valence-electron chi connectivity index (χ0n) is 11.8. The van der Waals surface area contributed by atoms with Crippen molar-refractivity contribution in [3.05, 3.63) is 53.5 Å². The molecule has 0 aliphatic rings. The van der Waals surface area contributed by atoms with E-state index in [1.165, 1.54) is 5.56 Å². The Morgan fingerprint density at radius 3 is 2.75 bits per heavy atom. The molecule has 2 aromatic rings. The number of nitrogens with one attached hydrogen (secondary N) is 1. The Morgan fingerprint density at radius 1 is 1.30 bits per heavy atom. The fourth-order valence-electron chi connectivity index (χ4n) is 2.09. The molecular weight excluding hydrogens is 252 g/mol. The molecule has 20 heavy (non-hydrogen) atoms. The van der Waals surface area contributed by atoms with Crippen LogP contribution in [0, 0.1) is 0 Å². The monoisotopic (exact) mass is 272 g/mol. The Bertz CT molecular complexity index is 542. The lowest BCUT2D eigenvalue weighted by molar-refractivity contribution is 0.382. The third-order valence-electron chi connectivity index (χ3n) is 3.28. The predicted octanol–water partition coefficient (Wildman–Crippen LogP) is 1.79. The second-order valence-electron chi connectivity index (χ2n) is 4.54. The van der Waals surface area contributed by atoms with Gasteiger partial charge >= 0.3 is 0 Å². The minimum atomic E-state index is -0.0846. The van der Waals surface area contributed by atoms with Gasteiger partial charge in [0.15, 0.2) is 0 Å². The lowest BCUT2D eigenvalue weighted by Gasteiger charge is -2.17. The van der Waals surface area contributed by atoms with E-state index in [2.05, 4.69) is 28.4 Å². The summed E-state index contributed by atoms with van der Waals surface area (Å²) in [4.78, 5) is 8.66. The van der Waals surface area contributed by atoms with Gasteiger partial charge in [0, 0.05) is 30.1 Å². The molecule has 0 spiro atoms. The molecule has 5 nitrogen and oxygen atoms in total. The van der Waals surface area contributed by atoms with E-state index in [4.69, 9.17) is 10.6 Å². The lowest BCUT2D eigenvalue weighted by atomic mass is 10.0. The van der Waals surface area contributed by atoms with Crippen molar-refractivity contribution in [2.24, 2.45) is 5.84 Å². The summed E-state index contributed by atoms with van der Waals surface area (Å²) in [6.45, 7) is 2.11. The number of hydrazine groups is 1. The van der Waals surface area contributed by atoms with Crippen LogP contribution in [0.5, 0.6) is 5.88 Å². The maximum Gasteiger partial charge on any atom is 0.217 e. The van der Waals surface area contributed by atoms with E-state index in [0.717, 1.165) is 17.7 Å². The molecule has 0 aliphatic heterocycles. The van der Waals surface area contributed by atoms with E-state index in [9.17, 15) is 0 Å². The van der Waals surface area contributed by atoms with Crippen molar-refractivity contribution in [3.63, 3.8) is 0 Å². The highest BCUT2D eigenvalue weighted by Crippen LogP contribution is 2.24. The van der Waals surface area contributed by atoms with Gasteiger partial charge in [-0.2, -0.15) is 0 Å². The first kappa shape index (κ1) is 14.4. The molecule has 106 valence electrons. The second-order valence-corrected chi connectivity index (χ2v) is 4.54. The molecule has 1 atom stereocenters. The van der Waals surface area contributed by atoms with E-state index < -0.39 is 0 Å². The Labute approximate surface area is 119 Å². The maximum atomic E-state index is 5.67. The lowest BCUT2D eigenvalue weighted by Crippen LogP contribution is -2.30. The van der Waals surface area contributed by atoms with Gasteiger partial charge in [0.05, 0.1) is 13.2 Å². The number of aromatic nitrogens is 2. The van der Waals surface area contributed by atoms with Crippen LogP contribution in [0.3, 0.4) is 0 Å². The average molecular weight is 272 g/mol. The molecule has 0 aliphatic carbocycles. The minimum absolute atomic E-state index is 0.0846. The number of rotatable bonds is 6. The number of ether oxygens (including phenoxy) is 1. The van der Waals surface area contributed by atoms with Crippen molar-refractivity contribution in [1.82, 2.24) is 15.4 Å². The van der Waals surface area contributed by atoms with Crippen LogP contribution >= 0.6 is 0 Å². The van der Waals surface area contributed by atoms with Crippen LogP contribution < -0.4 is 16.0 Å². The van der Waals surface area contributed by atoms with E-state index in [0.29, 0.717) is 12.3 Å². The van der Waals surface area contributed by atoms with Crippen LogP contribution in [-0.2, 0) is 12.8 Å². The van der Waals surface area contributed by atoms with Crippen LogP contribution in [0.25, 0.3) is 0 Å². The zero-order valence-corrected chi connectivity index (χ0v) is 11.8. The van der Waals surface area contributed by atoms with Crippen molar-refractivity contribution in [2.75, 3.05) is 7.11 Å². The summed E-state index contributed by atoms with van der Waals surface area (Å²) in [6, 6.07) is 7.87. The number of hydrogen-bond donors (Lipinski definition) is 2. The van der Waals surface area contributed by atoms with E-state index in [1.54, 1.807) is 13.3 Å². The summed E-state index contributed by atoms with van der Waals surface area (Å²) in [5.41, 5.74) is 5.95. The number of hydrogen-bond acceptors (Lipinski definition) is 5. The number of aryl methyl sites for hydroxylation is 1. The van der Waals surface area contributed by atoms with Crippen LogP contribution in [0.15, 0.2) is 36.7 Å². The standard InChI is InChI=1S/C15H20N4O/c1-3-11-6-7-12(18-10-11)9-14(19-16)13-5-4-8-17-15(13)20-2/h4-8,10,14,19H,3,9,16H2,1-2H3. The van der Waals surface area contributed by atoms with E-state index >= 15 is 0 Å². The Morgan fingerprint density at radius 2 is 2.15 bits per heavy atom. The second kappa shape index (κ2) is 6.98. The minimum Gasteiger partial charge on any atom is -0.481 e. The number of nitrogens with two attached hydrogens (primary N) is 1. The Hall–Kier alpha value is -1.98. The zero-order chi connectivity index (χ0) is 14.4. The molecule has 0 bridgehead atoms. The molecule has 0 saturated carbocycles. The molecule has 3 N–H and O–H groups in total. The van der Waals surface area contributed by atoms with Gasteiger partial charge in [-0.15, -0.1) is 0 Å². The molecular formula is C15H20N4O. The van der Waals surface area contributed by atoms with Gasteiger partial charge in [0.1, 0.15) is 0 Å². The molecule has 0 saturated heterocycles. The third kappa shape index (κ3) is 3.31. The van der Waals surface area contributed by atoms with Crippen molar-refractivity contribution < 1.29 is 4.74 Å². The molecule has 2 aromatic heterocycles. The maximum absolute atomic E-state index is 5.67. The van der Waals surface area contributed by atoms with E-state index in [-0.39, 0.29) is 6.04 Å². The van der Waals surface area contributed by atoms with Gasteiger partial charge in [-0.25, -0.2) is 4.98 Å². The van der Waals surface area contributed by atoms with Gasteiger partial charge in [-0.05, 0) is 24.1 Å². The molecule has 2 rings (SSSR count). The van der Waals surface area contributed by atoms with Crippen molar-refractivity contribution in [2.45, 2.75) is 25.8 Å². The molecule has 0 amide bonds. The molecule has 2 heterocycles. The summed E-state index contributed by atoms with van der Waals surface area (Å²) < 4.78 is 5.28. The average Bonchev–Trinajstić information content (AvgIpc) is 2.53. The summed E-state index contributed by atoms with van der Waals surface area (Å²) in [5, 5.41) is 0. The Balaban J connectivity index is 2.19. The van der Waals surface area contributed by atoms with Crippen molar-refractivity contribution in [1.29, 1.82) is 0 Å². The van der Waals surface area contributed by atoms with Gasteiger partial charge in [0.2, 0.25) is 5.88 Å². The van der Waals surface area contributed by atoms with E-state index in [1.807, 2.05) is 24.4 Å². The molecule has 0 fully saturated rings. The fraction of sp³-hybridized carbons (Fsp3) is 0.333. The quantitative estimate of drug-likeness (QED) is 0.619. The smallest absolute Gasteiger partial charge is 0.217 e. The topological polar surface area (TPSA) is 73.1 Å². The normalized spacial score (nSPS) is 12.2. The first-order chi connectivity index (χ1) is 9.78. The highest BCUT2D eigenvalue weighted by molar-refractivity contribution is 5.30. The highest BCUT2D eigenvalue weighted by Gasteiger charge is 2.16. The first-order valence-corrected chi connectivity index (χ1v) is 6.67. The first-order valence-electron chi connectivity index (χ1n) is 6.67.